The van der Waals surface area contributed by atoms with E-state index in [1.54, 1.807) is 0 Å². The van der Waals surface area contributed by atoms with E-state index < -0.39 is 0 Å². The van der Waals surface area contributed by atoms with Gasteiger partial charge in [0.2, 0.25) is 0 Å². The second kappa shape index (κ2) is 10.4. The highest BCUT2D eigenvalue weighted by Crippen LogP contribution is 2.44. The lowest BCUT2D eigenvalue weighted by Gasteiger charge is -2.26. The summed E-state index contributed by atoms with van der Waals surface area (Å²) in [5.74, 6) is 0. The topological polar surface area (TPSA) is 3.24 Å². The number of nitrogens with zero attached hydrogens (tertiary/aromatic N) is 1. The molecule has 0 aliphatic carbocycles. The summed E-state index contributed by atoms with van der Waals surface area (Å²) in [5.41, 5.74) is 9.96. The number of benzene rings is 6. The molecule has 1 nitrogen and oxygen atoms in total. The van der Waals surface area contributed by atoms with Gasteiger partial charge in [-0.05, 0) is 113 Å². The fraction of sp³-hybridized carbons (Fsp3) is 0.0769. The molecule has 0 fully saturated rings. The average Bonchev–Trinajstić information content (AvgIpc) is 3.48. The largest absolute Gasteiger partial charge is 0.310 e. The standard InChI is InChI=1S/C39H31NS/c1-26-12-11-15-30(24-26)40(29-13-5-4-6-14-29)31-20-21-32(27(2)25-31)37-22-23-38(41-37)39-35-18-9-7-16-33(35)28(3)34-17-8-10-19-36(34)39/h4-25H,1-3H3. The van der Waals surface area contributed by atoms with Gasteiger partial charge in [0.15, 0.2) is 0 Å². The van der Waals surface area contributed by atoms with Gasteiger partial charge in [-0.3, -0.25) is 0 Å². The van der Waals surface area contributed by atoms with Crippen molar-refractivity contribution in [3.05, 3.63) is 150 Å². The molecule has 0 unspecified atom stereocenters. The predicted octanol–water partition coefficient (Wildman–Crippen LogP) is 11.8. The zero-order valence-corrected chi connectivity index (χ0v) is 24.4. The molecule has 0 amide bonds. The lowest BCUT2D eigenvalue weighted by molar-refractivity contribution is 1.26. The van der Waals surface area contributed by atoms with Gasteiger partial charge >= 0.3 is 0 Å². The molecule has 41 heavy (non-hydrogen) atoms. The molecule has 0 spiro atoms. The molecule has 0 aliphatic rings. The summed E-state index contributed by atoms with van der Waals surface area (Å²) in [7, 11) is 0. The number of fused-ring (bicyclic) bond motifs is 2. The van der Waals surface area contributed by atoms with Gasteiger partial charge in [-0.2, -0.15) is 0 Å². The van der Waals surface area contributed by atoms with Crippen LogP contribution < -0.4 is 4.90 Å². The first-order chi connectivity index (χ1) is 20.1. The highest BCUT2D eigenvalue weighted by Gasteiger charge is 2.17. The van der Waals surface area contributed by atoms with Gasteiger partial charge in [0.05, 0.1) is 0 Å². The number of aryl methyl sites for hydroxylation is 3. The number of thiophene rings is 1. The van der Waals surface area contributed by atoms with E-state index in [0.717, 1.165) is 11.4 Å². The molecular formula is C39H31NS. The summed E-state index contributed by atoms with van der Waals surface area (Å²) < 4.78 is 0. The minimum Gasteiger partial charge on any atom is -0.310 e. The van der Waals surface area contributed by atoms with E-state index in [2.05, 4.69) is 159 Å². The van der Waals surface area contributed by atoms with Crippen molar-refractivity contribution in [2.75, 3.05) is 4.90 Å². The van der Waals surface area contributed by atoms with Gasteiger partial charge in [0.25, 0.3) is 0 Å². The summed E-state index contributed by atoms with van der Waals surface area (Å²) in [5, 5.41) is 5.30. The van der Waals surface area contributed by atoms with Crippen molar-refractivity contribution in [3.8, 4) is 20.9 Å². The molecule has 0 bridgehead atoms. The van der Waals surface area contributed by atoms with Crippen LogP contribution in [-0.4, -0.2) is 0 Å². The quantitative estimate of drug-likeness (QED) is 0.194. The minimum atomic E-state index is 1.15. The smallest absolute Gasteiger partial charge is 0.0464 e. The van der Waals surface area contributed by atoms with Crippen LogP contribution in [0.4, 0.5) is 17.1 Å². The molecule has 7 aromatic rings. The van der Waals surface area contributed by atoms with E-state index in [4.69, 9.17) is 0 Å². The van der Waals surface area contributed by atoms with Crippen LogP contribution in [-0.2, 0) is 0 Å². The maximum absolute atomic E-state index is 2.34. The second-order valence-corrected chi connectivity index (χ2v) is 11.8. The molecule has 0 aliphatic heterocycles. The SMILES string of the molecule is Cc1cccc(N(c2ccccc2)c2ccc(-c3ccc(-c4c5ccccc5c(C)c5ccccc45)s3)c(C)c2)c1. The molecule has 0 saturated carbocycles. The van der Waals surface area contributed by atoms with Gasteiger partial charge in [0.1, 0.15) is 0 Å². The van der Waals surface area contributed by atoms with Crippen LogP contribution in [0.2, 0.25) is 0 Å². The minimum absolute atomic E-state index is 1.15. The fourth-order valence-corrected chi connectivity index (χ4v) is 7.25. The van der Waals surface area contributed by atoms with Crippen molar-refractivity contribution < 1.29 is 0 Å². The Morgan fingerprint density at radius 2 is 1.05 bits per heavy atom. The molecule has 0 N–H and O–H groups in total. The Morgan fingerprint density at radius 1 is 0.463 bits per heavy atom. The van der Waals surface area contributed by atoms with Crippen molar-refractivity contribution in [1.29, 1.82) is 0 Å². The van der Waals surface area contributed by atoms with Crippen molar-refractivity contribution in [3.63, 3.8) is 0 Å². The monoisotopic (exact) mass is 545 g/mol. The molecule has 198 valence electrons. The van der Waals surface area contributed by atoms with Crippen LogP contribution >= 0.6 is 11.3 Å². The molecule has 0 atom stereocenters. The molecule has 0 saturated heterocycles. The maximum atomic E-state index is 2.34. The third-order valence-electron chi connectivity index (χ3n) is 8.06. The van der Waals surface area contributed by atoms with Crippen LogP contribution in [0, 0.1) is 20.8 Å². The van der Waals surface area contributed by atoms with Gasteiger partial charge in [-0.1, -0.05) is 84.9 Å². The summed E-state index contributed by atoms with van der Waals surface area (Å²) in [6.45, 7) is 6.62. The van der Waals surface area contributed by atoms with Crippen LogP contribution in [0.15, 0.2) is 133 Å². The van der Waals surface area contributed by atoms with Crippen LogP contribution in [0.25, 0.3) is 42.4 Å². The van der Waals surface area contributed by atoms with Gasteiger partial charge < -0.3 is 4.90 Å². The first-order valence-corrected chi connectivity index (χ1v) is 14.9. The fourth-order valence-electron chi connectivity index (χ4n) is 6.08. The highest BCUT2D eigenvalue weighted by molar-refractivity contribution is 7.19. The molecule has 1 heterocycles. The summed E-state index contributed by atoms with van der Waals surface area (Å²) in [6.07, 6.45) is 0. The third kappa shape index (κ3) is 4.51. The Balaban J connectivity index is 1.33. The number of para-hydroxylation sites is 1. The van der Waals surface area contributed by atoms with Crippen molar-refractivity contribution in [2.45, 2.75) is 20.8 Å². The first kappa shape index (κ1) is 25.3. The zero-order chi connectivity index (χ0) is 27.9. The van der Waals surface area contributed by atoms with E-state index in [-0.39, 0.29) is 0 Å². The van der Waals surface area contributed by atoms with Crippen molar-refractivity contribution in [1.82, 2.24) is 0 Å². The highest BCUT2D eigenvalue weighted by atomic mass is 32.1. The van der Waals surface area contributed by atoms with E-state index in [1.165, 1.54) is 64.8 Å². The molecule has 0 radical (unpaired) electrons. The number of hydrogen-bond donors (Lipinski definition) is 0. The second-order valence-electron chi connectivity index (χ2n) is 10.8. The summed E-state index contributed by atoms with van der Waals surface area (Å²) >= 11 is 1.88. The Labute approximate surface area is 246 Å². The zero-order valence-electron chi connectivity index (χ0n) is 23.6. The van der Waals surface area contributed by atoms with Crippen LogP contribution in [0.5, 0.6) is 0 Å². The Hall–Kier alpha value is -4.66. The molecule has 1 aromatic heterocycles. The summed E-state index contributed by atoms with van der Waals surface area (Å²) in [4.78, 5) is 4.94. The average molecular weight is 546 g/mol. The van der Waals surface area contributed by atoms with Crippen LogP contribution in [0.1, 0.15) is 16.7 Å². The van der Waals surface area contributed by atoms with E-state index in [9.17, 15) is 0 Å². The van der Waals surface area contributed by atoms with Crippen molar-refractivity contribution in [2.24, 2.45) is 0 Å². The first-order valence-electron chi connectivity index (χ1n) is 14.1. The lowest BCUT2D eigenvalue weighted by Crippen LogP contribution is -2.10. The van der Waals surface area contributed by atoms with Gasteiger partial charge in [0, 0.05) is 32.4 Å². The molecule has 7 rings (SSSR count). The van der Waals surface area contributed by atoms with Crippen LogP contribution in [0.3, 0.4) is 0 Å². The Bertz CT molecular complexity index is 1980. The number of rotatable bonds is 5. The Morgan fingerprint density at radius 3 is 1.71 bits per heavy atom. The van der Waals surface area contributed by atoms with E-state index in [0.29, 0.717) is 0 Å². The molecule has 2 heteroatoms. The Kier molecular flexibility index (Phi) is 6.41. The molecular weight excluding hydrogens is 515 g/mol. The van der Waals surface area contributed by atoms with Gasteiger partial charge in [-0.25, -0.2) is 0 Å². The predicted molar refractivity (Wildman–Crippen MR) is 179 cm³/mol. The normalized spacial score (nSPS) is 11.3. The maximum Gasteiger partial charge on any atom is 0.0464 e. The summed E-state index contributed by atoms with van der Waals surface area (Å²) in [6, 6.07) is 48.5. The van der Waals surface area contributed by atoms with Gasteiger partial charge in [-0.15, -0.1) is 11.3 Å². The van der Waals surface area contributed by atoms with Crippen molar-refractivity contribution >= 4 is 49.9 Å². The number of hydrogen-bond acceptors (Lipinski definition) is 2. The van der Waals surface area contributed by atoms with E-state index in [1.807, 2.05) is 11.3 Å². The van der Waals surface area contributed by atoms with E-state index >= 15 is 0 Å². The third-order valence-corrected chi connectivity index (χ3v) is 9.20. The number of anilines is 3. The molecule has 6 aromatic carbocycles. The lowest BCUT2D eigenvalue weighted by atomic mass is 9.92.